The molecule has 0 aromatic heterocycles. The molecule has 13 heteroatoms. The van der Waals surface area contributed by atoms with Gasteiger partial charge in [0.05, 0.1) is 13.1 Å². The van der Waals surface area contributed by atoms with Crippen LogP contribution in [0.4, 0.5) is 11.4 Å². The van der Waals surface area contributed by atoms with Crippen molar-refractivity contribution in [2.45, 2.75) is 46.5 Å². The van der Waals surface area contributed by atoms with Crippen LogP contribution in [0.15, 0.2) is 48.5 Å². The Labute approximate surface area is 304 Å². The molecular formula is C36H54Cl2N6O5. The summed E-state index contributed by atoms with van der Waals surface area (Å²) in [6, 6.07) is 17.0. The number of hydrogen-bond acceptors (Lipinski definition) is 7. The van der Waals surface area contributed by atoms with Gasteiger partial charge in [-0.3, -0.25) is 19.2 Å². The van der Waals surface area contributed by atoms with E-state index in [2.05, 4.69) is 72.2 Å². The minimum atomic E-state index is 0. The molecule has 1 N–H and O–H groups in total. The van der Waals surface area contributed by atoms with Gasteiger partial charge in [0, 0.05) is 96.3 Å². The first-order valence-corrected chi connectivity index (χ1v) is 17.0. The third kappa shape index (κ3) is 12.4. The third-order valence-corrected chi connectivity index (χ3v) is 9.06. The Balaban J connectivity index is 0.000000304. The number of rotatable bonds is 6. The average Bonchev–Trinajstić information content (AvgIpc) is 3.69. The molecule has 0 radical (unpaired) electrons. The van der Waals surface area contributed by atoms with Gasteiger partial charge in [0.1, 0.15) is 0 Å². The summed E-state index contributed by atoms with van der Waals surface area (Å²) in [5, 5.41) is 7.57. The molecule has 4 aliphatic rings. The molecule has 0 atom stereocenters. The largest absolute Gasteiger partial charge is 0.397 e. The van der Waals surface area contributed by atoms with E-state index in [0.717, 1.165) is 78.3 Å². The highest BCUT2D eigenvalue weighted by molar-refractivity contribution is 5.87. The Morgan fingerprint density at radius 2 is 0.878 bits per heavy atom. The Morgan fingerprint density at radius 1 is 0.571 bits per heavy atom. The van der Waals surface area contributed by atoms with Crippen molar-refractivity contribution in [3.63, 3.8) is 0 Å². The number of hydrogen-bond donors (Lipinski definition) is 1. The van der Waals surface area contributed by atoms with Crippen LogP contribution in [-0.2, 0) is 19.2 Å². The van der Waals surface area contributed by atoms with E-state index in [9.17, 15) is 19.2 Å². The highest BCUT2D eigenvalue weighted by atomic mass is 35.5. The molecule has 0 unspecified atom stereocenters. The van der Waals surface area contributed by atoms with E-state index >= 15 is 0 Å². The van der Waals surface area contributed by atoms with E-state index < -0.39 is 0 Å². The van der Waals surface area contributed by atoms with E-state index in [0.29, 0.717) is 12.8 Å². The van der Waals surface area contributed by atoms with Crippen molar-refractivity contribution in [1.29, 1.82) is 0 Å². The zero-order valence-electron chi connectivity index (χ0n) is 29.2. The highest BCUT2D eigenvalue weighted by Gasteiger charge is 2.28. The number of aryl methyl sites for hydroxylation is 2. The molecule has 4 saturated heterocycles. The Morgan fingerprint density at radius 3 is 1.14 bits per heavy atom. The number of carbonyl (C=O) groups excluding carboxylic acids is 4. The lowest BCUT2D eigenvalue weighted by molar-refractivity contribution is -0.138. The fourth-order valence-corrected chi connectivity index (χ4v) is 6.21. The van der Waals surface area contributed by atoms with Crippen molar-refractivity contribution in [3.8, 4) is 0 Å². The van der Waals surface area contributed by atoms with Gasteiger partial charge in [-0.25, -0.2) is 0 Å². The molecule has 11 nitrogen and oxygen atoms in total. The van der Waals surface area contributed by atoms with Gasteiger partial charge >= 0.3 is 0 Å². The third-order valence-electron chi connectivity index (χ3n) is 9.06. The van der Waals surface area contributed by atoms with Crippen LogP contribution in [0.25, 0.3) is 0 Å². The molecule has 2 aromatic carbocycles. The minimum Gasteiger partial charge on any atom is -0.397 e. The normalized spacial score (nSPS) is 17.4. The summed E-state index contributed by atoms with van der Waals surface area (Å²) in [5.74, 6) is 0.399. The zero-order valence-corrected chi connectivity index (χ0v) is 30.9. The summed E-state index contributed by atoms with van der Waals surface area (Å²) < 4.78 is 0. The minimum absolute atomic E-state index is 0. The smallest absolute Gasteiger partial charge is 0.242 e. The van der Waals surface area contributed by atoms with Crippen LogP contribution in [0.2, 0.25) is 0 Å². The number of amides is 4. The molecule has 4 fully saturated rings. The summed E-state index contributed by atoms with van der Waals surface area (Å²) in [5.41, 5.74) is 4.94. The van der Waals surface area contributed by atoms with Crippen LogP contribution in [0.3, 0.4) is 0 Å². The number of anilines is 2. The first kappa shape index (κ1) is 41.6. The summed E-state index contributed by atoms with van der Waals surface area (Å²) in [6.45, 7) is 14.4. The predicted octanol–water partition coefficient (Wildman–Crippen LogP) is 3.37. The van der Waals surface area contributed by atoms with Gasteiger partial charge in [-0.2, -0.15) is 0 Å². The number of carbonyl (C=O) groups is 4. The molecule has 0 saturated carbocycles. The van der Waals surface area contributed by atoms with E-state index in [1.165, 1.54) is 22.5 Å². The topological polar surface area (TPSA) is 108 Å². The molecule has 4 aliphatic heterocycles. The molecule has 49 heavy (non-hydrogen) atoms. The molecule has 4 amide bonds. The highest BCUT2D eigenvalue weighted by Crippen LogP contribution is 2.19. The predicted molar refractivity (Wildman–Crippen MR) is 199 cm³/mol. The Hall–Kier alpha value is -3.54. The van der Waals surface area contributed by atoms with E-state index in [1.807, 2.05) is 9.80 Å². The van der Waals surface area contributed by atoms with Gasteiger partial charge in [-0.05, 0) is 57.9 Å². The maximum atomic E-state index is 12.3. The maximum absolute atomic E-state index is 12.3. The lowest BCUT2D eigenvalue weighted by Crippen LogP contribution is -2.51. The standard InChI is InChI=1S/2C17H23N3O2.C2H6O.2ClH/c2*1-14-4-6-15(7-5-14)18-9-11-19(12-10-18)17(22)13-20-8-2-3-16(20)21;1-2-3;;/h2*4-7H,2-3,8-13H2,1H3;3H,2H2,1H3;2*1H. The monoisotopic (exact) mass is 720 g/mol. The maximum Gasteiger partial charge on any atom is 0.242 e. The number of benzene rings is 2. The summed E-state index contributed by atoms with van der Waals surface area (Å²) in [6.07, 6.45) is 2.95. The van der Waals surface area contributed by atoms with Crippen LogP contribution in [-0.4, -0.2) is 133 Å². The molecule has 0 spiro atoms. The van der Waals surface area contributed by atoms with Crippen LogP contribution in [0.5, 0.6) is 0 Å². The van der Waals surface area contributed by atoms with Gasteiger partial charge in [0.25, 0.3) is 0 Å². The van der Waals surface area contributed by atoms with Gasteiger partial charge in [0.2, 0.25) is 23.6 Å². The lowest BCUT2D eigenvalue weighted by Gasteiger charge is -2.36. The number of nitrogens with zero attached hydrogens (tertiary/aromatic N) is 6. The number of likely N-dealkylation sites (tertiary alicyclic amines) is 2. The number of aliphatic hydroxyl groups is 1. The van der Waals surface area contributed by atoms with Gasteiger partial charge in [0.15, 0.2) is 0 Å². The number of halogens is 2. The fourth-order valence-electron chi connectivity index (χ4n) is 6.21. The fraction of sp³-hybridized carbons (Fsp3) is 0.556. The van der Waals surface area contributed by atoms with Crippen LogP contribution >= 0.6 is 24.8 Å². The Kier molecular flexibility index (Phi) is 17.7. The van der Waals surface area contributed by atoms with E-state index in [-0.39, 0.29) is 68.1 Å². The van der Waals surface area contributed by atoms with Gasteiger partial charge < -0.3 is 34.5 Å². The van der Waals surface area contributed by atoms with Crippen molar-refractivity contribution >= 4 is 59.8 Å². The SMILES string of the molecule is CCO.Cc1ccc(N2CCN(C(=O)CN3CCCC3=O)CC2)cc1.Cc1ccc(N2CCN(C(=O)CN3CCCC3=O)CC2)cc1.Cl.Cl. The molecule has 6 rings (SSSR count). The Bertz CT molecular complexity index is 1230. The van der Waals surface area contributed by atoms with E-state index in [4.69, 9.17) is 5.11 Å². The molecule has 0 bridgehead atoms. The number of piperazine rings is 2. The second-order valence-corrected chi connectivity index (χ2v) is 12.6. The van der Waals surface area contributed by atoms with Gasteiger partial charge in [-0.1, -0.05) is 35.4 Å². The quantitative estimate of drug-likeness (QED) is 0.488. The second-order valence-electron chi connectivity index (χ2n) is 12.6. The zero-order chi connectivity index (χ0) is 33.8. The van der Waals surface area contributed by atoms with Crippen molar-refractivity contribution < 1.29 is 24.3 Å². The molecular weight excluding hydrogens is 667 g/mol. The molecule has 0 aliphatic carbocycles. The summed E-state index contributed by atoms with van der Waals surface area (Å²) >= 11 is 0. The summed E-state index contributed by atoms with van der Waals surface area (Å²) in [7, 11) is 0. The number of aliphatic hydroxyl groups excluding tert-OH is 1. The lowest BCUT2D eigenvalue weighted by atomic mass is 10.2. The first-order valence-electron chi connectivity index (χ1n) is 17.0. The first-order chi connectivity index (χ1) is 22.7. The van der Waals surface area contributed by atoms with Crippen molar-refractivity contribution in [3.05, 3.63) is 59.7 Å². The molecule has 2 aromatic rings. The molecule has 4 heterocycles. The van der Waals surface area contributed by atoms with Crippen LogP contribution in [0, 0.1) is 13.8 Å². The van der Waals surface area contributed by atoms with Crippen LogP contribution < -0.4 is 9.80 Å². The second kappa shape index (κ2) is 20.9. The van der Waals surface area contributed by atoms with E-state index in [1.54, 1.807) is 16.7 Å². The molecule has 272 valence electrons. The van der Waals surface area contributed by atoms with Crippen LogP contribution in [0.1, 0.15) is 43.7 Å². The average molecular weight is 722 g/mol. The van der Waals surface area contributed by atoms with Crippen molar-refractivity contribution in [1.82, 2.24) is 19.6 Å². The summed E-state index contributed by atoms with van der Waals surface area (Å²) in [4.78, 5) is 59.6. The van der Waals surface area contributed by atoms with Gasteiger partial charge in [-0.15, -0.1) is 24.8 Å². The van der Waals surface area contributed by atoms with Crippen molar-refractivity contribution in [2.75, 3.05) is 94.9 Å². The van der Waals surface area contributed by atoms with Crippen molar-refractivity contribution in [2.24, 2.45) is 0 Å².